The van der Waals surface area contributed by atoms with Crippen LogP contribution < -0.4 is 4.74 Å². The minimum atomic E-state index is -0.764. The Morgan fingerprint density at radius 1 is 1.17 bits per heavy atom. The highest BCUT2D eigenvalue weighted by Gasteiger charge is 2.20. The maximum absolute atomic E-state index is 10.8. The molecule has 0 amide bonds. The Morgan fingerprint density at radius 3 is 2.67 bits per heavy atom. The predicted molar refractivity (Wildman–Crippen MR) is 117 cm³/mol. The van der Waals surface area contributed by atoms with Crippen molar-refractivity contribution in [2.45, 2.75) is 39.5 Å². The number of rotatable bonds is 7. The first-order valence-electron chi connectivity index (χ1n) is 9.97. The van der Waals surface area contributed by atoms with Crippen molar-refractivity contribution in [3.8, 4) is 28.3 Å². The number of carboxylic acids is 1. The Labute approximate surface area is 180 Å². The number of nitrogens with one attached hydrogen (secondary N) is 1. The van der Waals surface area contributed by atoms with E-state index in [1.54, 1.807) is 0 Å². The van der Waals surface area contributed by atoms with Gasteiger partial charge in [-0.15, -0.1) is 0 Å². The van der Waals surface area contributed by atoms with E-state index in [-0.39, 0.29) is 12.5 Å². The van der Waals surface area contributed by atoms with Gasteiger partial charge in [-0.1, -0.05) is 23.7 Å². The van der Waals surface area contributed by atoms with E-state index in [0.717, 1.165) is 35.6 Å². The van der Waals surface area contributed by atoms with E-state index in [1.807, 2.05) is 38.1 Å². The molecule has 0 saturated heterocycles. The topological polar surface area (TPSA) is 78.4 Å². The quantitative estimate of drug-likeness (QED) is 0.558. The number of hydrogen-bond donors (Lipinski definition) is 2. The Bertz CT molecular complexity index is 1080. The Balaban J connectivity index is 1.51. The van der Waals surface area contributed by atoms with E-state index in [0.29, 0.717) is 17.3 Å². The number of nitrogens with zero attached hydrogens (tertiary/aromatic N) is 2. The molecule has 4 rings (SSSR count). The van der Waals surface area contributed by atoms with Crippen molar-refractivity contribution >= 4 is 17.6 Å². The normalized spacial score (nSPS) is 13.6. The molecule has 0 bridgehead atoms. The molecule has 30 heavy (non-hydrogen) atoms. The maximum Gasteiger partial charge on any atom is 0.304 e. The number of benzene rings is 2. The van der Waals surface area contributed by atoms with Gasteiger partial charge in [0.1, 0.15) is 5.75 Å². The minimum absolute atomic E-state index is 0.0620. The zero-order valence-electron chi connectivity index (χ0n) is 17.0. The lowest BCUT2D eigenvalue weighted by Crippen LogP contribution is -2.20. The molecule has 6 nitrogen and oxygen atoms in total. The molecule has 1 aromatic heterocycles. The molecule has 0 radical (unpaired) electrons. The number of aromatic amines is 1. The van der Waals surface area contributed by atoms with Crippen LogP contribution in [0, 0.1) is 0 Å². The van der Waals surface area contributed by atoms with Gasteiger partial charge in [-0.05, 0) is 55.3 Å². The largest absolute Gasteiger partial charge is 0.489 e. The first kappa shape index (κ1) is 20.4. The zero-order valence-corrected chi connectivity index (χ0v) is 17.7. The molecule has 1 aliphatic heterocycles. The molecule has 1 aliphatic rings. The molecule has 2 aromatic carbocycles. The van der Waals surface area contributed by atoms with Crippen LogP contribution in [0.5, 0.6) is 5.75 Å². The van der Waals surface area contributed by atoms with Crippen LogP contribution in [0.3, 0.4) is 0 Å². The van der Waals surface area contributed by atoms with Crippen molar-refractivity contribution in [2.24, 2.45) is 0 Å². The number of H-pyrrole nitrogens is 1. The summed E-state index contributed by atoms with van der Waals surface area (Å²) < 4.78 is 5.70. The molecule has 156 valence electrons. The molecular weight excluding hydrogens is 402 g/mol. The molecular formula is C23H24ClN3O3. The Hall–Kier alpha value is -2.83. The van der Waals surface area contributed by atoms with Crippen molar-refractivity contribution < 1.29 is 14.6 Å². The van der Waals surface area contributed by atoms with E-state index in [4.69, 9.17) is 21.4 Å². The average Bonchev–Trinajstić information content (AvgIpc) is 3.33. The van der Waals surface area contributed by atoms with Crippen LogP contribution in [0.25, 0.3) is 22.5 Å². The number of halogens is 1. The fourth-order valence-corrected chi connectivity index (χ4v) is 3.90. The second kappa shape index (κ2) is 8.50. The van der Waals surface area contributed by atoms with Gasteiger partial charge in [0.25, 0.3) is 0 Å². The summed E-state index contributed by atoms with van der Waals surface area (Å²) in [6.45, 7) is 6.04. The van der Waals surface area contributed by atoms with Gasteiger partial charge in [-0.2, -0.15) is 5.10 Å². The summed E-state index contributed by atoms with van der Waals surface area (Å²) >= 11 is 6.37. The first-order chi connectivity index (χ1) is 14.4. The summed E-state index contributed by atoms with van der Waals surface area (Å²) in [5.41, 5.74) is 6.17. The van der Waals surface area contributed by atoms with Gasteiger partial charge in [0.05, 0.1) is 28.9 Å². The number of carbonyl (C=O) groups is 1. The number of ether oxygens (including phenoxy) is 1. The van der Waals surface area contributed by atoms with Gasteiger partial charge < -0.3 is 9.84 Å². The lowest BCUT2D eigenvalue weighted by molar-refractivity contribution is -0.137. The number of fused-ring (bicyclic) bond motifs is 1. The highest BCUT2D eigenvalue weighted by Crippen LogP contribution is 2.33. The van der Waals surface area contributed by atoms with Gasteiger partial charge >= 0.3 is 5.97 Å². The molecule has 7 heteroatoms. The maximum atomic E-state index is 10.8. The fraction of sp³-hybridized carbons (Fsp3) is 0.304. The Morgan fingerprint density at radius 2 is 1.93 bits per heavy atom. The predicted octanol–water partition coefficient (Wildman–Crippen LogP) is 4.97. The van der Waals surface area contributed by atoms with Crippen molar-refractivity contribution in [1.29, 1.82) is 0 Å². The van der Waals surface area contributed by atoms with Crippen LogP contribution in [0.1, 0.15) is 31.4 Å². The van der Waals surface area contributed by atoms with Crippen molar-refractivity contribution in [2.75, 3.05) is 6.54 Å². The van der Waals surface area contributed by atoms with E-state index < -0.39 is 5.97 Å². The molecule has 0 spiro atoms. The standard InChI is InChI=1S/C23H24ClN3O3/c1-14(2)30-22-6-5-16(10-19(22)24)21-11-20(25-26-21)15-3-4-17-12-27(8-7-23(28)29)13-18(17)9-15/h3-6,9-11,14H,7-8,12-13H2,1-2H3,(H,25,26)(H,28,29). The summed E-state index contributed by atoms with van der Waals surface area (Å²) in [7, 11) is 0. The van der Waals surface area contributed by atoms with Crippen molar-refractivity contribution in [3.05, 3.63) is 58.6 Å². The minimum Gasteiger partial charge on any atom is -0.489 e. The third-order valence-electron chi connectivity index (χ3n) is 5.12. The molecule has 0 fully saturated rings. The molecule has 2 N–H and O–H groups in total. The van der Waals surface area contributed by atoms with Crippen LogP contribution in [-0.4, -0.2) is 38.8 Å². The van der Waals surface area contributed by atoms with Gasteiger partial charge in [0, 0.05) is 30.8 Å². The zero-order chi connectivity index (χ0) is 21.3. The lowest BCUT2D eigenvalue weighted by atomic mass is 10.0. The molecule has 2 heterocycles. The SMILES string of the molecule is CC(C)Oc1ccc(-c2cc(-c3ccc4c(c3)CN(CCC(=O)O)C4)n[nH]2)cc1Cl. The third kappa shape index (κ3) is 4.50. The molecule has 0 atom stereocenters. The van der Waals surface area contributed by atoms with Gasteiger partial charge in [-0.3, -0.25) is 14.8 Å². The fourth-order valence-electron chi connectivity index (χ4n) is 3.67. The van der Waals surface area contributed by atoms with Gasteiger partial charge in [-0.25, -0.2) is 0 Å². The average molecular weight is 426 g/mol. The van der Waals surface area contributed by atoms with E-state index >= 15 is 0 Å². The van der Waals surface area contributed by atoms with Crippen LogP contribution >= 0.6 is 11.6 Å². The van der Waals surface area contributed by atoms with Crippen LogP contribution in [0.4, 0.5) is 0 Å². The van der Waals surface area contributed by atoms with Gasteiger partial charge in [0.15, 0.2) is 0 Å². The van der Waals surface area contributed by atoms with Crippen LogP contribution in [0.15, 0.2) is 42.5 Å². The van der Waals surface area contributed by atoms with Crippen LogP contribution in [-0.2, 0) is 17.9 Å². The molecule has 0 aliphatic carbocycles. The number of carboxylic acid groups (broad SMARTS) is 1. The lowest BCUT2D eigenvalue weighted by Gasteiger charge is -2.12. The number of hydrogen-bond acceptors (Lipinski definition) is 4. The summed E-state index contributed by atoms with van der Waals surface area (Å²) in [5, 5.41) is 17.0. The second-order valence-electron chi connectivity index (χ2n) is 7.82. The molecule has 3 aromatic rings. The van der Waals surface area contributed by atoms with E-state index in [2.05, 4.69) is 33.3 Å². The van der Waals surface area contributed by atoms with E-state index in [1.165, 1.54) is 11.1 Å². The first-order valence-corrected chi connectivity index (χ1v) is 10.3. The third-order valence-corrected chi connectivity index (χ3v) is 5.41. The summed E-state index contributed by atoms with van der Waals surface area (Å²) in [5.74, 6) is -0.0965. The van der Waals surface area contributed by atoms with Crippen molar-refractivity contribution in [3.63, 3.8) is 0 Å². The van der Waals surface area contributed by atoms with E-state index in [9.17, 15) is 4.79 Å². The highest BCUT2D eigenvalue weighted by atomic mass is 35.5. The summed E-state index contributed by atoms with van der Waals surface area (Å²) in [4.78, 5) is 13.0. The number of aromatic nitrogens is 2. The monoisotopic (exact) mass is 425 g/mol. The van der Waals surface area contributed by atoms with Crippen molar-refractivity contribution in [1.82, 2.24) is 15.1 Å². The molecule has 0 unspecified atom stereocenters. The Kier molecular flexibility index (Phi) is 5.79. The summed E-state index contributed by atoms with van der Waals surface area (Å²) in [6.07, 6.45) is 0.222. The van der Waals surface area contributed by atoms with Gasteiger partial charge in [0.2, 0.25) is 0 Å². The smallest absolute Gasteiger partial charge is 0.304 e. The number of aliphatic carboxylic acids is 1. The second-order valence-corrected chi connectivity index (χ2v) is 8.22. The highest BCUT2D eigenvalue weighted by molar-refractivity contribution is 6.32. The van der Waals surface area contributed by atoms with Crippen LogP contribution in [0.2, 0.25) is 5.02 Å². The summed E-state index contributed by atoms with van der Waals surface area (Å²) in [6, 6.07) is 14.0. The molecule has 0 saturated carbocycles.